The molecule has 0 bridgehead atoms. The Morgan fingerprint density at radius 3 is 2.48 bits per heavy atom. The van der Waals surface area contributed by atoms with Gasteiger partial charge in [-0.2, -0.15) is 0 Å². The molecule has 1 heterocycles. The van der Waals surface area contributed by atoms with Crippen molar-refractivity contribution in [3.8, 4) is 5.75 Å². The molecule has 1 amide bonds. The van der Waals surface area contributed by atoms with Crippen LogP contribution in [0.25, 0.3) is 5.76 Å². The van der Waals surface area contributed by atoms with Crippen molar-refractivity contribution in [2.75, 3.05) is 27.4 Å². The second-order valence-electron chi connectivity index (χ2n) is 7.19. The number of benzene rings is 2. The highest BCUT2D eigenvalue weighted by molar-refractivity contribution is 6.47. The Morgan fingerprint density at radius 2 is 1.87 bits per heavy atom. The van der Waals surface area contributed by atoms with E-state index < -0.39 is 17.7 Å². The molecule has 0 aromatic heterocycles. The van der Waals surface area contributed by atoms with Crippen molar-refractivity contribution in [3.63, 3.8) is 0 Å². The zero-order valence-electron chi connectivity index (χ0n) is 17.4. The maximum Gasteiger partial charge on any atom is 0.295 e. The fraction of sp³-hybridized carbons (Fsp3) is 0.304. The molecule has 0 saturated carbocycles. The van der Waals surface area contributed by atoms with E-state index in [1.165, 1.54) is 4.90 Å². The van der Waals surface area contributed by atoms with Gasteiger partial charge in [0.15, 0.2) is 0 Å². The molecule has 0 aliphatic carbocycles. The first kappa shape index (κ1) is 23.1. The van der Waals surface area contributed by atoms with E-state index in [1.54, 1.807) is 57.5 Å². The number of carbonyl (C=O) groups is 2. The van der Waals surface area contributed by atoms with Gasteiger partial charge in [0.2, 0.25) is 0 Å². The molecule has 0 spiro atoms. The van der Waals surface area contributed by atoms with Crippen LogP contribution in [0.1, 0.15) is 29.2 Å². The molecule has 1 fully saturated rings. The summed E-state index contributed by atoms with van der Waals surface area (Å²) in [6.07, 6.45) is 0.521. The number of rotatable bonds is 7. The fourth-order valence-electron chi connectivity index (χ4n) is 3.71. The van der Waals surface area contributed by atoms with E-state index in [0.29, 0.717) is 45.5 Å². The molecule has 31 heavy (non-hydrogen) atoms. The van der Waals surface area contributed by atoms with Gasteiger partial charge in [-0.05, 0) is 54.8 Å². The number of Topliss-reactive ketones (excluding diaryl/α,β-unsaturated/α-hetero) is 1. The number of ether oxygens (including phenoxy) is 2. The Labute approximate surface area is 191 Å². The van der Waals surface area contributed by atoms with E-state index in [9.17, 15) is 14.7 Å². The standard InChI is InChI=1S/C23H23Cl2NO5/c1-13-11-15(31-3)6-8-16(13)21(27)19-20(17-7-5-14(24)12-18(17)25)26(9-4-10-30-2)23(29)22(19)28/h5-8,11-12,20,27H,4,9-10H2,1-3H3/b21-19+/t20-/m0/s1. The van der Waals surface area contributed by atoms with E-state index >= 15 is 0 Å². The molecule has 3 rings (SSSR count). The Bertz CT molecular complexity index is 1050. The topological polar surface area (TPSA) is 76.1 Å². The molecule has 2 aromatic rings. The number of halogens is 2. The van der Waals surface area contributed by atoms with E-state index in [-0.39, 0.29) is 17.9 Å². The SMILES string of the molecule is COCCCN1C(=O)C(=O)/C(=C(/O)c2ccc(OC)cc2C)[C@@H]1c1ccc(Cl)cc1Cl. The van der Waals surface area contributed by atoms with E-state index in [2.05, 4.69) is 0 Å². The third-order valence-corrected chi connectivity index (χ3v) is 5.80. The van der Waals surface area contributed by atoms with Gasteiger partial charge >= 0.3 is 0 Å². The summed E-state index contributed by atoms with van der Waals surface area (Å²) in [5.74, 6) is -1.10. The van der Waals surface area contributed by atoms with Crippen LogP contribution in [0.15, 0.2) is 42.0 Å². The number of likely N-dealkylation sites (tertiary alicyclic amines) is 1. The lowest BCUT2D eigenvalue weighted by molar-refractivity contribution is -0.140. The minimum absolute atomic E-state index is 0.0140. The monoisotopic (exact) mass is 463 g/mol. The molecule has 1 atom stereocenters. The molecule has 0 radical (unpaired) electrons. The predicted molar refractivity (Wildman–Crippen MR) is 120 cm³/mol. The first-order chi connectivity index (χ1) is 14.8. The second kappa shape index (κ2) is 9.73. The maximum absolute atomic E-state index is 13.0. The van der Waals surface area contributed by atoms with Crippen molar-refractivity contribution < 1.29 is 24.2 Å². The fourth-order valence-corrected chi connectivity index (χ4v) is 4.22. The van der Waals surface area contributed by atoms with Gasteiger partial charge in [-0.25, -0.2) is 0 Å². The molecule has 0 unspecified atom stereocenters. The number of carbonyl (C=O) groups excluding carboxylic acids is 2. The molecule has 8 heteroatoms. The summed E-state index contributed by atoms with van der Waals surface area (Å²) in [6, 6.07) is 9.09. The normalized spacial score (nSPS) is 18.0. The van der Waals surface area contributed by atoms with E-state index in [0.717, 1.165) is 0 Å². The van der Waals surface area contributed by atoms with Crippen LogP contribution in [-0.2, 0) is 14.3 Å². The number of methoxy groups -OCH3 is 2. The van der Waals surface area contributed by atoms with Crippen LogP contribution in [0.4, 0.5) is 0 Å². The molecule has 1 N–H and O–H groups in total. The first-order valence-electron chi connectivity index (χ1n) is 9.67. The summed E-state index contributed by atoms with van der Waals surface area (Å²) in [5, 5.41) is 11.9. The van der Waals surface area contributed by atoms with Gasteiger partial charge in [-0.1, -0.05) is 29.3 Å². The Kier molecular flexibility index (Phi) is 7.26. The highest BCUT2D eigenvalue weighted by Crippen LogP contribution is 2.43. The molecular weight excluding hydrogens is 441 g/mol. The number of aliphatic hydroxyl groups is 1. The highest BCUT2D eigenvalue weighted by Gasteiger charge is 2.46. The van der Waals surface area contributed by atoms with E-state index in [4.69, 9.17) is 32.7 Å². The summed E-state index contributed by atoms with van der Waals surface area (Å²) in [5.41, 5.74) is 1.63. The number of hydrogen-bond acceptors (Lipinski definition) is 5. The lowest BCUT2D eigenvalue weighted by Crippen LogP contribution is -2.31. The van der Waals surface area contributed by atoms with Gasteiger partial charge in [0.05, 0.1) is 18.7 Å². The van der Waals surface area contributed by atoms with Crippen LogP contribution in [0.2, 0.25) is 10.0 Å². The quantitative estimate of drug-likeness (QED) is 0.277. The third-order valence-electron chi connectivity index (χ3n) is 5.23. The van der Waals surface area contributed by atoms with Crippen LogP contribution >= 0.6 is 23.2 Å². The number of ketones is 1. The minimum atomic E-state index is -0.844. The van der Waals surface area contributed by atoms with Crippen LogP contribution in [0.3, 0.4) is 0 Å². The van der Waals surface area contributed by atoms with Crippen molar-refractivity contribution in [3.05, 3.63) is 68.7 Å². The van der Waals surface area contributed by atoms with Gasteiger partial charge in [0.1, 0.15) is 11.5 Å². The second-order valence-corrected chi connectivity index (χ2v) is 8.03. The van der Waals surface area contributed by atoms with Gasteiger partial charge in [-0.15, -0.1) is 0 Å². The van der Waals surface area contributed by atoms with E-state index in [1.807, 2.05) is 0 Å². The lowest BCUT2D eigenvalue weighted by atomic mass is 9.93. The van der Waals surface area contributed by atoms with Crippen LogP contribution in [0, 0.1) is 6.92 Å². The lowest BCUT2D eigenvalue weighted by Gasteiger charge is -2.26. The Morgan fingerprint density at radius 1 is 1.13 bits per heavy atom. The predicted octanol–water partition coefficient (Wildman–Crippen LogP) is 4.77. The smallest absolute Gasteiger partial charge is 0.295 e. The average Bonchev–Trinajstić information content (AvgIpc) is 2.98. The summed E-state index contributed by atoms with van der Waals surface area (Å²) in [7, 11) is 3.11. The molecule has 1 aliphatic heterocycles. The number of nitrogens with zero attached hydrogens (tertiary/aromatic N) is 1. The summed E-state index contributed by atoms with van der Waals surface area (Å²) < 4.78 is 10.3. The minimum Gasteiger partial charge on any atom is -0.507 e. The molecule has 1 aliphatic rings. The van der Waals surface area contributed by atoms with Crippen molar-refractivity contribution in [2.24, 2.45) is 0 Å². The Balaban J connectivity index is 2.18. The zero-order chi connectivity index (χ0) is 22.7. The number of amides is 1. The summed E-state index contributed by atoms with van der Waals surface area (Å²) in [4.78, 5) is 27.3. The molecule has 2 aromatic carbocycles. The van der Waals surface area contributed by atoms with Crippen molar-refractivity contribution in [1.82, 2.24) is 4.90 Å². The van der Waals surface area contributed by atoms with Gasteiger partial charge in [0, 0.05) is 35.9 Å². The first-order valence-corrected chi connectivity index (χ1v) is 10.4. The Hall–Kier alpha value is -2.54. The molecular formula is C23H23Cl2NO5. The average molecular weight is 464 g/mol. The number of aliphatic hydroxyl groups excluding tert-OH is 1. The van der Waals surface area contributed by atoms with Gasteiger partial charge in [0.25, 0.3) is 11.7 Å². The van der Waals surface area contributed by atoms with Crippen LogP contribution in [-0.4, -0.2) is 49.1 Å². The van der Waals surface area contributed by atoms with Crippen molar-refractivity contribution in [1.29, 1.82) is 0 Å². The zero-order valence-corrected chi connectivity index (χ0v) is 19.0. The van der Waals surface area contributed by atoms with Crippen molar-refractivity contribution >= 4 is 40.7 Å². The highest BCUT2D eigenvalue weighted by atomic mass is 35.5. The largest absolute Gasteiger partial charge is 0.507 e. The van der Waals surface area contributed by atoms with Gasteiger partial charge < -0.3 is 19.5 Å². The van der Waals surface area contributed by atoms with Crippen LogP contribution in [0.5, 0.6) is 5.75 Å². The summed E-state index contributed by atoms with van der Waals surface area (Å²) >= 11 is 12.5. The number of aryl methyl sites for hydroxylation is 1. The maximum atomic E-state index is 13.0. The number of hydrogen-bond donors (Lipinski definition) is 1. The third kappa shape index (κ3) is 4.56. The van der Waals surface area contributed by atoms with Gasteiger partial charge in [-0.3, -0.25) is 9.59 Å². The molecule has 164 valence electrons. The molecule has 6 nitrogen and oxygen atoms in total. The molecule has 1 saturated heterocycles. The van der Waals surface area contributed by atoms with Crippen molar-refractivity contribution in [2.45, 2.75) is 19.4 Å². The summed E-state index contributed by atoms with van der Waals surface area (Å²) in [6.45, 7) is 2.47. The van der Waals surface area contributed by atoms with Crippen LogP contribution < -0.4 is 4.74 Å².